The van der Waals surface area contributed by atoms with Gasteiger partial charge in [0.15, 0.2) is 0 Å². The van der Waals surface area contributed by atoms with Gasteiger partial charge in [0.05, 0.1) is 12.7 Å². The molecule has 0 bridgehead atoms. The zero-order valence-corrected chi connectivity index (χ0v) is 18.3. The molecule has 2 aromatic heterocycles. The molecule has 0 unspecified atom stereocenters. The van der Waals surface area contributed by atoms with E-state index in [4.69, 9.17) is 4.74 Å². The Morgan fingerprint density at radius 2 is 2.00 bits per heavy atom. The van der Waals surface area contributed by atoms with Crippen molar-refractivity contribution < 1.29 is 14.3 Å². The second-order valence-electron chi connectivity index (χ2n) is 7.35. The summed E-state index contributed by atoms with van der Waals surface area (Å²) in [5, 5.41) is 4.48. The zero-order valence-electron chi connectivity index (χ0n) is 17.5. The van der Waals surface area contributed by atoms with Crippen LogP contribution in [0.3, 0.4) is 0 Å². The Hall–Kier alpha value is -2.86. The van der Waals surface area contributed by atoms with E-state index in [1.165, 1.54) is 24.0 Å². The number of aromatic nitrogens is 1. The van der Waals surface area contributed by atoms with Gasteiger partial charge in [0.25, 0.3) is 5.91 Å². The third kappa shape index (κ3) is 3.85. The van der Waals surface area contributed by atoms with Crippen LogP contribution in [-0.2, 0) is 11.3 Å². The van der Waals surface area contributed by atoms with Gasteiger partial charge in [-0.15, -0.1) is 17.9 Å². The van der Waals surface area contributed by atoms with E-state index in [1.807, 2.05) is 18.4 Å². The maximum Gasteiger partial charge on any atom is 0.340 e. The number of aryl methyl sites for hydroxylation is 2. The first-order valence-electron chi connectivity index (χ1n) is 9.52. The first-order valence-corrected chi connectivity index (χ1v) is 10.3. The van der Waals surface area contributed by atoms with Gasteiger partial charge in [-0.05, 0) is 49.1 Å². The van der Waals surface area contributed by atoms with E-state index in [0.717, 1.165) is 21.3 Å². The van der Waals surface area contributed by atoms with Crippen LogP contribution in [0.1, 0.15) is 56.6 Å². The molecule has 2 heterocycles. The summed E-state index contributed by atoms with van der Waals surface area (Å²) in [5.74, 6) is -0.316. The Bertz CT molecular complexity index is 1110. The third-order valence-electron chi connectivity index (χ3n) is 5.02. The first kappa shape index (κ1) is 20.9. The van der Waals surface area contributed by atoms with Gasteiger partial charge in [-0.1, -0.05) is 26.0 Å². The summed E-state index contributed by atoms with van der Waals surface area (Å²) in [6.07, 6.45) is 1.78. The van der Waals surface area contributed by atoms with Crippen molar-refractivity contribution in [3.63, 3.8) is 0 Å². The summed E-state index contributed by atoms with van der Waals surface area (Å²) in [4.78, 5) is 26.3. The van der Waals surface area contributed by atoms with Gasteiger partial charge in [-0.25, -0.2) is 4.79 Å². The normalized spacial score (nSPS) is 11.1. The molecule has 6 heteroatoms. The number of carbonyl (C=O) groups excluding carboxylic acids is 2. The third-order valence-corrected chi connectivity index (χ3v) is 5.99. The van der Waals surface area contributed by atoms with E-state index in [9.17, 15) is 9.59 Å². The van der Waals surface area contributed by atoms with Crippen LogP contribution in [0.25, 0.3) is 10.9 Å². The van der Waals surface area contributed by atoms with Crippen LogP contribution in [0.15, 0.2) is 36.9 Å². The summed E-state index contributed by atoms with van der Waals surface area (Å²) in [6.45, 7) is 12.5. The predicted octanol–water partition coefficient (Wildman–Crippen LogP) is 5.67. The van der Waals surface area contributed by atoms with Gasteiger partial charge in [-0.2, -0.15) is 0 Å². The number of ether oxygens (including phenoxy) is 1. The minimum atomic E-state index is -0.463. The summed E-state index contributed by atoms with van der Waals surface area (Å²) in [5.41, 5.74) is 4.07. The van der Waals surface area contributed by atoms with Crippen molar-refractivity contribution in [3.05, 3.63) is 64.2 Å². The highest BCUT2D eigenvalue weighted by Gasteiger charge is 2.23. The average molecular weight is 411 g/mol. The molecule has 5 nitrogen and oxygen atoms in total. The lowest BCUT2D eigenvalue weighted by Crippen LogP contribution is -2.18. The molecule has 0 saturated carbocycles. The lowest BCUT2D eigenvalue weighted by atomic mass is 10.0. The van der Waals surface area contributed by atoms with Crippen molar-refractivity contribution in [2.45, 2.75) is 40.2 Å². The van der Waals surface area contributed by atoms with Gasteiger partial charge < -0.3 is 14.6 Å². The number of benzene rings is 1. The fourth-order valence-electron chi connectivity index (χ4n) is 3.54. The molecular weight excluding hydrogens is 384 g/mol. The fraction of sp³-hybridized carbons (Fsp3) is 0.304. The van der Waals surface area contributed by atoms with Crippen LogP contribution >= 0.6 is 11.3 Å². The monoisotopic (exact) mass is 410 g/mol. The number of carbonyl (C=O) groups is 2. The van der Waals surface area contributed by atoms with Crippen LogP contribution in [0.4, 0.5) is 5.00 Å². The van der Waals surface area contributed by atoms with Gasteiger partial charge >= 0.3 is 5.97 Å². The van der Waals surface area contributed by atoms with Gasteiger partial charge in [0.2, 0.25) is 0 Å². The minimum absolute atomic E-state index is 0.251. The average Bonchev–Trinajstić information content (AvgIpc) is 3.18. The molecule has 0 atom stereocenters. The largest absolute Gasteiger partial charge is 0.465 e. The first-order chi connectivity index (χ1) is 13.8. The van der Waals surface area contributed by atoms with E-state index >= 15 is 0 Å². The molecule has 0 aliphatic rings. The van der Waals surface area contributed by atoms with E-state index in [2.05, 4.69) is 43.9 Å². The predicted molar refractivity (Wildman–Crippen MR) is 119 cm³/mol. The van der Waals surface area contributed by atoms with Gasteiger partial charge in [-0.3, -0.25) is 4.79 Å². The number of allylic oxidation sites excluding steroid dienone is 1. The van der Waals surface area contributed by atoms with Crippen LogP contribution < -0.4 is 5.32 Å². The van der Waals surface area contributed by atoms with Crippen molar-refractivity contribution in [2.24, 2.45) is 0 Å². The van der Waals surface area contributed by atoms with E-state index in [-0.39, 0.29) is 5.91 Å². The molecule has 3 aromatic rings. The molecule has 29 heavy (non-hydrogen) atoms. The number of hydrogen-bond donors (Lipinski definition) is 1. The van der Waals surface area contributed by atoms with Crippen molar-refractivity contribution in [3.8, 4) is 0 Å². The lowest BCUT2D eigenvalue weighted by Gasteiger charge is -2.10. The fourth-order valence-corrected chi connectivity index (χ4v) is 4.44. The molecule has 1 amide bonds. The topological polar surface area (TPSA) is 60.3 Å². The van der Waals surface area contributed by atoms with Gasteiger partial charge in [0.1, 0.15) is 10.7 Å². The number of nitrogens with zero attached hydrogens (tertiary/aromatic N) is 1. The number of hydrogen-bond acceptors (Lipinski definition) is 4. The Labute approximate surface area is 175 Å². The van der Waals surface area contributed by atoms with Crippen LogP contribution in [0, 0.1) is 13.8 Å². The molecule has 0 aliphatic carbocycles. The van der Waals surface area contributed by atoms with Crippen molar-refractivity contribution >= 4 is 39.1 Å². The molecule has 0 saturated heterocycles. The highest BCUT2D eigenvalue weighted by atomic mass is 32.1. The van der Waals surface area contributed by atoms with Crippen molar-refractivity contribution in [1.29, 1.82) is 0 Å². The molecule has 0 aliphatic heterocycles. The number of nitrogens with one attached hydrogen (secondary N) is 1. The highest BCUT2D eigenvalue weighted by Crippen LogP contribution is 2.32. The smallest absolute Gasteiger partial charge is 0.340 e. The Morgan fingerprint density at radius 3 is 2.62 bits per heavy atom. The minimum Gasteiger partial charge on any atom is -0.465 e. The Balaban J connectivity index is 2.10. The standard InChI is InChI=1S/C23H26N2O3S/c1-7-10-25-19-9-8-16(13(2)3)12-17(19)15(5)20(25)21(26)24-22-18(23(27)28-6)11-14(4)29-22/h7-9,11-13H,1,10H2,2-6H3,(H,24,26). The Kier molecular flexibility index (Phi) is 5.94. The van der Waals surface area contributed by atoms with Crippen LogP contribution in [0.2, 0.25) is 0 Å². The van der Waals surface area contributed by atoms with Crippen molar-refractivity contribution in [2.75, 3.05) is 12.4 Å². The zero-order chi connectivity index (χ0) is 21.3. The highest BCUT2D eigenvalue weighted by molar-refractivity contribution is 7.16. The van der Waals surface area contributed by atoms with Gasteiger partial charge in [0, 0.05) is 22.3 Å². The number of amides is 1. The molecule has 0 fully saturated rings. The Morgan fingerprint density at radius 1 is 1.28 bits per heavy atom. The molecule has 152 valence electrons. The number of esters is 1. The number of rotatable bonds is 6. The molecule has 0 radical (unpaired) electrons. The van der Waals surface area contributed by atoms with Crippen LogP contribution in [-0.4, -0.2) is 23.6 Å². The summed E-state index contributed by atoms with van der Waals surface area (Å²) in [6, 6.07) is 8.05. The quantitative estimate of drug-likeness (QED) is 0.421. The SMILES string of the molecule is C=CCn1c(C(=O)Nc2sc(C)cc2C(=O)OC)c(C)c2cc(C(C)C)ccc21. The maximum atomic E-state index is 13.3. The van der Waals surface area contributed by atoms with E-state index in [1.54, 1.807) is 12.1 Å². The van der Waals surface area contributed by atoms with E-state index < -0.39 is 5.97 Å². The molecule has 3 rings (SSSR count). The number of methoxy groups -OCH3 is 1. The summed E-state index contributed by atoms with van der Waals surface area (Å²) in [7, 11) is 1.33. The molecule has 0 spiro atoms. The second kappa shape index (κ2) is 8.25. The summed E-state index contributed by atoms with van der Waals surface area (Å²) < 4.78 is 6.81. The van der Waals surface area contributed by atoms with E-state index in [0.29, 0.717) is 28.7 Å². The summed E-state index contributed by atoms with van der Waals surface area (Å²) >= 11 is 1.36. The number of anilines is 1. The van der Waals surface area contributed by atoms with Crippen molar-refractivity contribution in [1.82, 2.24) is 4.57 Å². The second-order valence-corrected chi connectivity index (χ2v) is 8.61. The lowest BCUT2D eigenvalue weighted by molar-refractivity contribution is 0.0602. The maximum absolute atomic E-state index is 13.3. The number of thiophene rings is 1. The van der Waals surface area contributed by atoms with Crippen LogP contribution in [0.5, 0.6) is 0 Å². The molecular formula is C23H26N2O3S. The number of fused-ring (bicyclic) bond motifs is 1. The molecule has 1 aromatic carbocycles. The molecule has 1 N–H and O–H groups in total.